The number of aliphatic hydroxyl groups is 1. The molecule has 1 atom stereocenters. The van der Waals surface area contributed by atoms with E-state index in [-0.39, 0.29) is 35.7 Å². The summed E-state index contributed by atoms with van der Waals surface area (Å²) in [7, 11) is -3.65. The van der Waals surface area contributed by atoms with Crippen molar-refractivity contribution in [3.8, 4) is 0 Å². The van der Waals surface area contributed by atoms with E-state index in [0.717, 1.165) is 16.9 Å². The van der Waals surface area contributed by atoms with E-state index >= 15 is 0 Å². The summed E-state index contributed by atoms with van der Waals surface area (Å²) in [4.78, 5) is 12.4. The monoisotopic (exact) mass is 462 g/mol. The second-order valence-electron chi connectivity index (χ2n) is 6.54. The highest BCUT2D eigenvalue weighted by atomic mass is 35.5. The lowest BCUT2D eigenvalue weighted by Gasteiger charge is -2.23. The Bertz CT molecular complexity index is 962. The molecule has 1 amide bonds. The molecule has 0 radical (unpaired) electrons. The molecule has 6 nitrogen and oxygen atoms in total. The first kappa shape index (κ1) is 21.5. The number of carbonyl (C=O) groups is 1. The molecule has 28 heavy (non-hydrogen) atoms. The molecule has 1 fully saturated rings. The molecule has 1 aromatic heterocycles. The van der Waals surface area contributed by atoms with Crippen LogP contribution in [0.25, 0.3) is 0 Å². The number of hydrogen-bond acceptors (Lipinski definition) is 5. The third-order valence-corrected chi connectivity index (χ3v) is 8.63. The number of benzene rings is 1. The Morgan fingerprint density at radius 3 is 2.71 bits per heavy atom. The maximum absolute atomic E-state index is 12.8. The Morgan fingerprint density at radius 1 is 1.29 bits per heavy atom. The average molecular weight is 463 g/mol. The molecule has 0 spiro atoms. The summed E-state index contributed by atoms with van der Waals surface area (Å²) < 4.78 is 27.7. The van der Waals surface area contributed by atoms with E-state index in [2.05, 4.69) is 5.32 Å². The maximum atomic E-state index is 12.8. The van der Waals surface area contributed by atoms with E-state index in [9.17, 15) is 13.2 Å². The largest absolute Gasteiger partial charge is 0.392 e. The third kappa shape index (κ3) is 4.87. The van der Waals surface area contributed by atoms with Crippen LogP contribution in [0.2, 0.25) is 9.36 Å². The molecule has 3 rings (SSSR count). The molecular formula is C18H20Cl2N2O4S2. The number of aliphatic hydroxyl groups excluding tert-OH is 1. The predicted octanol–water partition coefficient (Wildman–Crippen LogP) is 3.41. The summed E-state index contributed by atoms with van der Waals surface area (Å²) >= 11 is 13.0. The molecule has 0 unspecified atom stereocenters. The van der Waals surface area contributed by atoms with Crippen molar-refractivity contribution < 1.29 is 18.3 Å². The Hall–Kier alpha value is -1.16. The number of amides is 1. The van der Waals surface area contributed by atoms with Crippen molar-refractivity contribution in [1.82, 2.24) is 9.62 Å². The van der Waals surface area contributed by atoms with Gasteiger partial charge in [-0.15, -0.1) is 11.3 Å². The van der Waals surface area contributed by atoms with Crippen LogP contribution in [0.1, 0.15) is 30.4 Å². The minimum Gasteiger partial charge on any atom is -0.392 e. The zero-order valence-electron chi connectivity index (χ0n) is 14.9. The van der Waals surface area contributed by atoms with Gasteiger partial charge in [-0.2, -0.15) is 4.31 Å². The van der Waals surface area contributed by atoms with Crippen molar-refractivity contribution >= 4 is 50.5 Å². The van der Waals surface area contributed by atoms with E-state index in [1.54, 1.807) is 24.3 Å². The van der Waals surface area contributed by atoms with E-state index in [4.69, 9.17) is 28.3 Å². The highest BCUT2D eigenvalue weighted by Crippen LogP contribution is 2.33. The molecule has 0 aliphatic carbocycles. The normalized spacial score (nSPS) is 17.8. The van der Waals surface area contributed by atoms with Gasteiger partial charge in [-0.1, -0.05) is 35.3 Å². The van der Waals surface area contributed by atoms with Crippen LogP contribution in [0.4, 0.5) is 0 Å². The number of hydrogen-bond donors (Lipinski definition) is 2. The van der Waals surface area contributed by atoms with Gasteiger partial charge < -0.3 is 10.4 Å². The van der Waals surface area contributed by atoms with Gasteiger partial charge in [0.1, 0.15) is 4.21 Å². The van der Waals surface area contributed by atoms with Crippen molar-refractivity contribution in [1.29, 1.82) is 0 Å². The number of sulfonamides is 1. The zero-order valence-corrected chi connectivity index (χ0v) is 18.0. The van der Waals surface area contributed by atoms with Gasteiger partial charge in [0.05, 0.1) is 10.9 Å². The topological polar surface area (TPSA) is 86.7 Å². The summed E-state index contributed by atoms with van der Waals surface area (Å²) in [6.45, 7) is 0.529. The lowest BCUT2D eigenvalue weighted by atomic mass is 10.1. The van der Waals surface area contributed by atoms with Gasteiger partial charge in [-0.25, -0.2) is 8.42 Å². The lowest BCUT2D eigenvalue weighted by Crippen LogP contribution is -2.38. The predicted molar refractivity (Wildman–Crippen MR) is 110 cm³/mol. The summed E-state index contributed by atoms with van der Waals surface area (Å²) in [6, 6.07) is 7.82. The lowest BCUT2D eigenvalue weighted by molar-refractivity contribution is -0.121. The molecule has 2 N–H and O–H groups in total. The number of rotatable bonds is 7. The summed E-state index contributed by atoms with van der Waals surface area (Å²) in [5.41, 5.74) is 1.43. The second kappa shape index (κ2) is 9.11. The first-order valence-electron chi connectivity index (χ1n) is 8.73. The maximum Gasteiger partial charge on any atom is 0.252 e. The quantitative estimate of drug-likeness (QED) is 0.659. The molecule has 1 aliphatic heterocycles. The fourth-order valence-corrected chi connectivity index (χ4v) is 6.77. The number of nitrogens with one attached hydrogen (secondary N) is 1. The molecule has 0 saturated carbocycles. The number of nitrogens with zero attached hydrogens (tertiary/aromatic N) is 1. The van der Waals surface area contributed by atoms with Crippen molar-refractivity contribution in [2.24, 2.45) is 0 Å². The molecule has 0 bridgehead atoms. The van der Waals surface area contributed by atoms with Crippen LogP contribution in [0.15, 0.2) is 34.5 Å². The van der Waals surface area contributed by atoms with Crippen molar-refractivity contribution in [3.05, 3.63) is 50.8 Å². The Kier molecular flexibility index (Phi) is 7.01. The molecule has 2 heterocycles. The van der Waals surface area contributed by atoms with E-state index < -0.39 is 10.0 Å². The summed E-state index contributed by atoms with van der Waals surface area (Å²) in [5.74, 6) is -0.237. The molecule has 1 saturated heterocycles. The fraction of sp³-hybridized carbons (Fsp3) is 0.389. The number of halogens is 2. The van der Waals surface area contributed by atoms with Gasteiger partial charge in [0.25, 0.3) is 10.0 Å². The first-order chi connectivity index (χ1) is 13.3. The SMILES string of the molecule is O=C(C[C@@H]1CCCN1S(=O)(=O)c1ccc(Cl)s1)NCc1ccc(CO)cc1Cl. The molecule has 2 aromatic rings. The molecule has 10 heteroatoms. The zero-order chi connectivity index (χ0) is 20.3. The van der Waals surface area contributed by atoms with E-state index in [0.29, 0.717) is 34.3 Å². The minimum atomic E-state index is -3.65. The van der Waals surface area contributed by atoms with Crippen LogP contribution < -0.4 is 5.32 Å². The molecule has 1 aromatic carbocycles. The van der Waals surface area contributed by atoms with Gasteiger partial charge in [-0.05, 0) is 42.2 Å². The Balaban J connectivity index is 1.62. The highest BCUT2D eigenvalue weighted by Gasteiger charge is 2.37. The van der Waals surface area contributed by atoms with Gasteiger partial charge in [0, 0.05) is 30.6 Å². The molecular weight excluding hydrogens is 443 g/mol. The van der Waals surface area contributed by atoms with Crippen LogP contribution in [0.3, 0.4) is 0 Å². The van der Waals surface area contributed by atoms with Gasteiger partial charge in [-0.3, -0.25) is 4.79 Å². The highest BCUT2D eigenvalue weighted by molar-refractivity contribution is 7.91. The molecule has 1 aliphatic rings. The molecule has 152 valence electrons. The van der Waals surface area contributed by atoms with E-state index in [1.807, 2.05) is 0 Å². The Labute approximate surface area is 178 Å². The first-order valence-corrected chi connectivity index (χ1v) is 11.7. The summed E-state index contributed by atoms with van der Waals surface area (Å²) in [5, 5.41) is 12.4. The summed E-state index contributed by atoms with van der Waals surface area (Å²) in [6.07, 6.45) is 1.44. The minimum absolute atomic E-state index is 0.0880. The van der Waals surface area contributed by atoms with Crippen molar-refractivity contribution in [3.63, 3.8) is 0 Å². The average Bonchev–Trinajstić information content (AvgIpc) is 3.30. The number of carbonyl (C=O) groups excluding carboxylic acids is 1. The van der Waals surface area contributed by atoms with Gasteiger partial charge >= 0.3 is 0 Å². The van der Waals surface area contributed by atoms with Crippen molar-refractivity contribution in [2.45, 2.75) is 42.7 Å². The van der Waals surface area contributed by atoms with Crippen LogP contribution >= 0.6 is 34.5 Å². The smallest absolute Gasteiger partial charge is 0.252 e. The van der Waals surface area contributed by atoms with Gasteiger partial charge in [0.2, 0.25) is 5.91 Å². The van der Waals surface area contributed by atoms with Crippen LogP contribution in [0.5, 0.6) is 0 Å². The van der Waals surface area contributed by atoms with E-state index in [1.165, 1.54) is 10.4 Å². The van der Waals surface area contributed by atoms with Crippen LogP contribution in [-0.4, -0.2) is 36.3 Å². The standard InChI is InChI=1S/C18H20Cl2N2O4S2/c19-15-8-12(11-23)3-4-13(15)10-21-17(24)9-14-2-1-7-22(14)28(25,26)18-6-5-16(20)27-18/h3-6,8,14,23H,1-2,7,9-11H2,(H,21,24)/t14-/m0/s1. The fourth-order valence-electron chi connectivity index (χ4n) is 3.19. The van der Waals surface area contributed by atoms with Gasteiger partial charge in [0.15, 0.2) is 0 Å². The second-order valence-corrected chi connectivity index (χ2v) is 10.8. The third-order valence-electron chi connectivity index (χ3n) is 4.63. The van der Waals surface area contributed by atoms with Crippen LogP contribution in [-0.2, 0) is 28.0 Å². The Morgan fingerprint density at radius 2 is 2.07 bits per heavy atom. The van der Waals surface area contributed by atoms with Crippen molar-refractivity contribution in [2.75, 3.05) is 6.54 Å². The number of thiophene rings is 1. The van der Waals surface area contributed by atoms with Crippen LogP contribution in [0, 0.1) is 0 Å².